The number of rotatable bonds is 2. The van der Waals surface area contributed by atoms with Gasteiger partial charge in [0.15, 0.2) is 15.3 Å². The smallest absolute Gasteiger partial charge is 0.231 e. The summed E-state index contributed by atoms with van der Waals surface area (Å²) in [5, 5.41) is 9.26. The van der Waals surface area contributed by atoms with Crippen molar-refractivity contribution in [3.63, 3.8) is 0 Å². The van der Waals surface area contributed by atoms with Crippen LogP contribution in [0.3, 0.4) is 0 Å². The fourth-order valence-electron chi connectivity index (χ4n) is 1.79. The molecule has 0 bridgehead atoms. The van der Waals surface area contributed by atoms with Gasteiger partial charge in [-0.05, 0) is 64.6 Å². The Hall–Kier alpha value is -1.94. The van der Waals surface area contributed by atoms with Crippen LogP contribution in [0.1, 0.15) is 11.3 Å². The molecule has 0 saturated carbocycles. The van der Waals surface area contributed by atoms with Gasteiger partial charge in [0.1, 0.15) is 5.76 Å². The summed E-state index contributed by atoms with van der Waals surface area (Å²) in [6, 6.07) is 11.3. The van der Waals surface area contributed by atoms with Crippen molar-refractivity contribution < 1.29 is 13.9 Å². The van der Waals surface area contributed by atoms with E-state index in [0.717, 1.165) is 9.33 Å². The standard InChI is InChI=1S/C14H8INO3/c15-14-4-2-11(19-14)5-10(7-16)9-1-3-12-13(6-9)18-8-17-12/h1-6H,8H2. The van der Waals surface area contributed by atoms with Crippen LogP contribution in [-0.4, -0.2) is 6.79 Å². The Kier molecular flexibility index (Phi) is 3.17. The van der Waals surface area contributed by atoms with Crippen LogP contribution in [-0.2, 0) is 0 Å². The first-order chi connectivity index (χ1) is 9.26. The van der Waals surface area contributed by atoms with E-state index < -0.39 is 0 Å². The van der Waals surface area contributed by atoms with Crippen LogP contribution in [0.2, 0.25) is 0 Å². The summed E-state index contributed by atoms with van der Waals surface area (Å²) < 4.78 is 16.8. The number of hydrogen-bond acceptors (Lipinski definition) is 4. The van der Waals surface area contributed by atoms with Crippen LogP contribution >= 0.6 is 22.6 Å². The highest BCUT2D eigenvalue weighted by Gasteiger charge is 2.14. The Bertz CT molecular complexity index is 697. The number of benzene rings is 1. The SMILES string of the molecule is N#CC(=Cc1ccc(I)o1)c1ccc2c(c1)OCO2. The number of halogens is 1. The number of nitrogens with zero attached hydrogens (tertiary/aromatic N) is 1. The fourth-order valence-corrected chi connectivity index (χ4v) is 2.23. The molecule has 2 aromatic rings. The normalized spacial score (nSPS) is 13.4. The third kappa shape index (κ3) is 2.44. The quantitative estimate of drug-likeness (QED) is 0.602. The zero-order valence-corrected chi connectivity index (χ0v) is 11.9. The molecule has 0 aliphatic carbocycles. The Balaban J connectivity index is 1.99. The summed E-state index contributed by atoms with van der Waals surface area (Å²) in [5.41, 5.74) is 1.29. The molecule has 19 heavy (non-hydrogen) atoms. The van der Waals surface area contributed by atoms with Crippen LogP contribution < -0.4 is 9.47 Å². The molecule has 0 N–H and O–H groups in total. The number of ether oxygens (including phenoxy) is 2. The van der Waals surface area contributed by atoms with Crippen molar-refractivity contribution in [3.05, 3.63) is 45.4 Å². The molecule has 0 radical (unpaired) electrons. The first-order valence-electron chi connectivity index (χ1n) is 5.53. The molecule has 1 aliphatic heterocycles. The third-order valence-corrected chi connectivity index (χ3v) is 3.26. The average Bonchev–Trinajstić information content (AvgIpc) is 3.03. The van der Waals surface area contributed by atoms with Crippen molar-refractivity contribution >= 4 is 34.2 Å². The molecule has 2 heterocycles. The minimum absolute atomic E-state index is 0.223. The molecule has 0 unspecified atom stereocenters. The Morgan fingerprint density at radius 1 is 1.21 bits per heavy atom. The molecular weight excluding hydrogens is 357 g/mol. The van der Waals surface area contributed by atoms with Crippen LogP contribution in [0.5, 0.6) is 11.5 Å². The van der Waals surface area contributed by atoms with Crippen LogP contribution in [0.25, 0.3) is 11.6 Å². The molecule has 0 atom stereocenters. The van der Waals surface area contributed by atoms with Gasteiger partial charge < -0.3 is 13.9 Å². The van der Waals surface area contributed by atoms with Crippen LogP contribution in [0.4, 0.5) is 0 Å². The van der Waals surface area contributed by atoms with Gasteiger partial charge in [-0.3, -0.25) is 0 Å². The van der Waals surface area contributed by atoms with E-state index in [9.17, 15) is 5.26 Å². The van der Waals surface area contributed by atoms with Crippen molar-refractivity contribution in [1.82, 2.24) is 0 Å². The molecule has 0 fully saturated rings. The fraction of sp³-hybridized carbons (Fsp3) is 0.0714. The summed E-state index contributed by atoms with van der Waals surface area (Å²) in [4.78, 5) is 0. The maximum atomic E-state index is 9.26. The average molecular weight is 365 g/mol. The van der Waals surface area contributed by atoms with Crippen LogP contribution in [0, 0.1) is 15.1 Å². The van der Waals surface area contributed by atoms with Crippen molar-refractivity contribution in [2.75, 3.05) is 6.79 Å². The van der Waals surface area contributed by atoms with Gasteiger partial charge in [0, 0.05) is 0 Å². The zero-order chi connectivity index (χ0) is 13.2. The van der Waals surface area contributed by atoms with Crippen molar-refractivity contribution in [2.45, 2.75) is 0 Å². The van der Waals surface area contributed by atoms with E-state index in [1.54, 1.807) is 18.2 Å². The molecule has 5 heteroatoms. The molecule has 1 aliphatic rings. The van der Waals surface area contributed by atoms with Gasteiger partial charge in [-0.25, -0.2) is 0 Å². The summed E-state index contributed by atoms with van der Waals surface area (Å²) in [5.74, 6) is 2.01. The second-order valence-corrected chi connectivity index (χ2v) is 4.94. The lowest BCUT2D eigenvalue weighted by atomic mass is 10.1. The van der Waals surface area contributed by atoms with E-state index in [0.29, 0.717) is 22.8 Å². The lowest BCUT2D eigenvalue weighted by molar-refractivity contribution is 0.174. The maximum Gasteiger partial charge on any atom is 0.231 e. The molecule has 94 valence electrons. The molecule has 0 spiro atoms. The van der Waals surface area contributed by atoms with Gasteiger partial charge in [-0.15, -0.1) is 0 Å². The van der Waals surface area contributed by atoms with Crippen molar-refractivity contribution in [1.29, 1.82) is 5.26 Å². The lowest BCUT2D eigenvalue weighted by Crippen LogP contribution is -1.92. The van der Waals surface area contributed by atoms with Gasteiger partial charge in [-0.2, -0.15) is 5.26 Å². The topological polar surface area (TPSA) is 55.4 Å². The number of nitriles is 1. The molecule has 1 aromatic heterocycles. The summed E-state index contributed by atoms with van der Waals surface area (Å²) >= 11 is 2.08. The molecule has 0 saturated heterocycles. The minimum Gasteiger partial charge on any atom is -0.454 e. The van der Waals surface area contributed by atoms with Crippen molar-refractivity contribution in [3.8, 4) is 17.6 Å². The van der Waals surface area contributed by atoms with Crippen molar-refractivity contribution in [2.24, 2.45) is 0 Å². The van der Waals surface area contributed by atoms with Gasteiger partial charge in [0.2, 0.25) is 6.79 Å². The van der Waals surface area contributed by atoms with Crippen LogP contribution in [0.15, 0.2) is 34.7 Å². The van der Waals surface area contributed by atoms with Gasteiger partial charge in [0.05, 0.1) is 11.6 Å². The number of hydrogen-bond donors (Lipinski definition) is 0. The Morgan fingerprint density at radius 2 is 2.05 bits per heavy atom. The maximum absolute atomic E-state index is 9.26. The predicted molar refractivity (Wildman–Crippen MR) is 77.5 cm³/mol. The van der Waals surface area contributed by atoms with E-state index in [1.807, 2.05) is 18.2 Å². The molecule has 1 aromatic carbocycles. The lowest BCUT2D eigenvalue weighted by Gasteiger charge is -2.01. The summed E-state index contributed by atoms with van der Waals surface area (Å²) in [6.45, 7) is 0.223. The highest BCUT2D eigenvalue weighted by molar-refractivity contribution is 14.1. The van der Waals surface area contributed by atoms with E-state index >= 15 is 0 Å². The molecule has 0 amide bonds. The highest BCUT2D eigenvalue weighted by Crippen LogP contribution is 2.34. The molecule has 4 nitrogen and oxygen atoms in total. The monoisotopic (exact) mass is 365 g/mol. The van der Waals surface area contributed by atoms with Gasteiger partial charge in [0.25, 0.3) is 0 Å². The molecule has 3 rings (SSSR count). The Morgan fingerprint density at radius 3 is 2.79 bits per heavy atom. The highest BCUT2D eigenvalue weighted by atomic mass is 127. The number of fused-ring (bicyclic) bond motifs is 1. The predicted octanol–water partition coefficient (Wildman–Crippen LogP) is 3.68. The van der Waals surface area contributed by atoms with E-state index in [4.69, 9.17) is 13.9 Å². The molecular formula is C14H8INO3. The first-order valence-corrected chi connectivity index (χ1v) is 6.61. The third-order valence-electron chi connectivity index (χ3n) is 2.68. The number of allylic oxidation sites excluding steroid dienone is 1. The summed E-state index contributed by atoms with van der Waals surface area (Å²) in [7, 11) is 0. The first kappa shape index (κ1) is 12.1. The second-order valence-electron chi connectivity index (χ2n) is 3.88. The van der Waals surface area contributed by atoms with E-state index in [-0.39, 0.29) is 6.79 Å². The summed E-state index contributed by atoms with van der Waals surface area (Å²) in [6.07, 6.45) is 1.71. The van der Waals surface area contributed by atoms with Gasteiger partial charge in [-0.1, -0.05) is 0 Å². The minimum atomic E-state index is 0.223. The number of furan rings is 1. The van der Waals surface area contributed by atoms with Gasteiger partial charge >= 0.3 is 0 Å². The van der Waals surface area contributed by atoms with E-state index in [1.165, 1.54) is 0 Å². The van der Waals surface area contributed by atoms with E-state index in [2.05, 4.69) is 28.7 Å². The Labute approximate surface area is 123 Å². The second kappa shape index (κ2) is 4.97. The zero-order valence-electron chi connectivity index (χ0n) is 9.72. The largest absolute Gasteiger partial charge is 0.454 e.